The van der Waals surface area contributed by atoms with Gasteiger partial charge in [-0.3, -0.25) is 9.78 Å². The molecule has 0 aliphatic carbocycles. The molecule has 0 bridgehead atoms. The van der Waals surface area contributed by atoms with Gasteiger partial charge >= 0.3 is 0 Å². The molecule has 1 aliphatic rings. The fourth-order valence-corrected chi connectivity index (χ4v) is 3.46. The van der Waals surface area contributed by atoms with Crippen LogP contribution in [0, 0.1) is 0 Å². The number of carbonyl (C=O) groups excluding carboxylic acids is 1. The van der Waals surface area contributed by atoms with E-state index in [0.717, 1.165) is 16.5 Å². The number of piperidine rings is 1. The van der Waals surface area contributed by atoms with E-state index in [1.54, 1.807) is 35.4 Å². The summed E-state index contributed by atoms with van der Waals surface area (Å²) in [6, 6.07) is 16.4. The number of aliphatic hydroxyl groups is 2. The van der Waals surface area contributed by atoms with Crippen molar-refractivity contribution in [3.63, 3.8) is 0 Å². The predicted octanol–water partition coefficient (Wildman–Crippen LogP) is 2.38. The number of aliphatic hydroxyl groups excluding tert-OH is 2. The zero-order chi connectivity index (χ0) is 19.5. The summed E-state index contributed by atoms with van der Waals surface area (Å²) in [5, 5.41) is 20.7. The lowest BCUT2D eigenvalue weighted by Crippen LogP contribution is -2.51. The Hall–Kier alpha value is -2.96. The van der Waals surface area contributed by atoms with E-state index in [9.17, 15) is 9.90 Å². The summed E-state index contributed by atoms with van der Waals surface area (Å²) in [4.78, 5) is 18.6. The predicted molar refractivity (Wildman–Crippen MR) is 105 cm³/mol. The number of ether oxygens (including phenoxy) is 1. The third-order valence-electron chi connectivity index (χ3n) is 5.06. The number of rotatable bonds is 4. The molecule has 2 aromatic carbocycles. The van der Waals surface area contributed by atoms with Gasteiger partial charge in [0.15, 0.2) is 0 Å². The maximum atomic E-state index is 12.7. The van der Waals surface area contributed by atoms with E-state index >= 15 is 0 Å². The summed E-state index contributed by atoms with van der Waals surface area (Å²) in [5.41, 5.74) is 2.14. The zero-order valence-corrected chi connectivity index (χ0v) is 15.4. The highest BCUT2D eigenvalue weighted by Crippen LogP contribution is 2.24. The van der Waals surface area contributed by atoms with E-state index in [2.05, 4.69) is 4.98 Å². The number of hydrogen-bond acceptors (Lipinski definition) is 5. The number of aromatic nitrogens is 1. The highest BCUT2D eigenvalue weighted by molar-refractivity contribution is 5.94. The molecule has 0 unspecified atom stereocenters. The molecular formula is C22H22N2O4. The van der Waals surface area contributed by atoms with Crippen LogP contribution in [0.4, 0.5) is 0 Å². The van der Waals surface area contributed by atoms with Crippen LogP contribution in [-0.4, -0.2) is 51.3 Å². The summed E-state index contributed by atoms with van der Waals surface area (Å²) in [6.07, 6.45) is 1.14. The molecule has 0 saturated carbocycles. The van der Waals surface area contributed by atoms with Gasteiger partial charge in [-0.05, 0) is 35.9 Å². The van der Waals surface area contributed by atoms with Crippen molar-refractivity contribution in [3.8, 4) is 5.75 Å². The van der Waals surface area contributed by atoms with Crippen molar-refractivity contribution in [1.82, 2.24) is 9.88 Å². The van der Waals surface area contributed by atoms with Gasteiger partial charge < -0.3 is 19.8 Å². The number of nitrogens with zero attached hydrogens (tertiary/aromatic N) is 2. The zero-order valence-electron chi connectivity index (χ0n) is 15.4. The first-order valence-electron chi connectivity index (χ1n) is 9.32. The molecule has 1 aromatic heterocycles. The van der Waals surface area contributed by atoms with E-state index < -0.39 is 6.10 Å². The maximum absolute atomic E-state index is 12.7. The second-order valence-corrected chi connectivity index (χ2v) is 6.98. The molecule has 3 aromatic rings. The standard InChI is InChI=1S/C22H22N2O4/c25-14-15-3-5-17(6-4-15)22(27)24-11-9-21(20(26)13-24)28-18-8-7-16-2-1-10-23-19(16)12-18/h1-8,10,12,20-21,25-26H,9,11,13-14H2/t20-,21-/m1/s1. The molecule has 0 spiro atoms. The molecule has 1 saturated heterocycles. The van der Waals surface area contributed by atoms with Crippen molar-refractivity contribution >= 4 is 16.8 Å². The first-order valence-corrected chi connectivity index (χ1v) is 9.32. The van der Waals surface area contributed by atoms with Gasteiger partial charge in [-0.15, -0.1) is 0 Å². The lowest BCUT2D eigenvalue weighted by Gasteiger charge is -2.36. The molecule has 2 heterocycles. The maximum Gasteiger partial charge on any atom is 0.253 e. The van der Waals surface area contributed by atoms with Crippen molar-refractivity contribution in [3.05, 3.63) is 71.9 Å². The average Bonchev–Trinajstić information content (AvgIpc) is 2.74. The largest absolute Gasteiger partial charge is 0.488 e. The molecule has 28 heavy (non-hydrogen) atoms. The number of likely N-dealkylation sites (tertiary alicyclic amines) is 1. The molecule has 1 amide bonds. The van der Waals surface area contributed by atoms with Crippen LogP contribution < -0.4 is 4.74 Å². The smallest absolute Gasteiger partial charge is 0.253 e. The number of β-amino-alcohol motifs (C(OH)–C–C–N with tert-alkyl or cyclic N) is 1. The number of amides is 1. The van der Waals surface area contributed by atoms with Gasteiger partial charge in [0.2, 0.25) is 0 Å². The Morgan fingerprint density at radius 1 is 1.18 bits per heavy atom. The van der Waals surface area contributed by atoms with Gasteiger partial charge in [0, 0.05) is 36.2 Å². The van der Waals surface area contributed by atoms with Crippen molar-refractivity contribution in [2.24, 2.45) is 0 Å². The molecule has 1 aliphatic heterocycles. The quantitative estimate of drug-likeness (QED) is 0.728. The lowest BCUT2D eigenvalue weighted by molar-refractivity contribution is -0.0198. The van der Waals surface area contributed by atoms with E-state index in [0.29, 0.717) is 24.3 Å². The van der Waals surface area contributed by atoms with Crippen molar-refractivity contribution in [1.29, 1.82) is 0 Å². The fourth-order valence-electron chi connectivity index (χ4n) is 3.46. The summed E-state index contributed by atoms with van der Waals surface area (Å²) < 4.78 is 5.98. The van der Waals surface area contributed by atoms with Crippen LogP contribution in [0.15, 0.2) is 60.8 Å². The summed E-state index contributed by atoms with van der Waals surface area (Å²) in [6.45, 7) is 0.672. The number of fused-ring (bicyclic) bond motifs is 1. The van der Waals surface area contributed by atoms with Gasteiger partial charge in [0.1, 0.15) is 18.0 Å². The Kier molecular flexibility index (Phi) is 5.23. The molecule has 1 fully saturated rings. The Morgan fingerprint density at radius 2 is 2.00 bits per heavy atom. The monoisotopic (exact) mass is 378 g/mol. The molecule has 6 nitrogen and oxygen atoms in total. The van der Waals surface area contributed by atoms with Gasteiger partial charge in [0.05, 0.1) is 18.7 Å². The Bertz CT molecular complexity index is 974. The highest BCUT2D eigenvalue weighted by Gasteiger charge is 2.32. The van der Waals surface area contributed by atoms with Crippen LogP contribution in [0.3, 0.4) is 0 Å². The number of carbonyl (C=O) groups is 1. The third-order valence-corrected chi connectivity index (χ3v) is 5.06. The molecule has 4 rings (SSSR count). The van der Waals surface area contributed by atoms with Crippen molar-refractivity contribution < 1.29 is 19.7 Å². The minimum absolute atomic E-state index is 0.0553. The molecule has 2 N–H and O–H groups in total. The van der Waals surface area contributed by atoms with Gasteiger partial charge in [-0.2, -0.15) is 0 Å². The number of hydrogen-bond donors (Lipinski definition) is 2. The number of benzene rings is 2. The van der Waals surface area contributed by atoms with E-state index in [1.165, 1.54) is 0 Å². The highest BCUT2D eigenvalue weighted by atomic mass is 16.5. The van der Waals surface area contributed by atoms with E-state index in [-0.39, 0.29) is 25.2 Å². The Morgan fingerprint density at radius 3 is 2.75 bits per heavy atom. The first kappa shape index (κ1) is 18.4. The van der Waals surface area contributed by atoms with E-state index in [1.807, 2.05) is 30.3 Å². The summed E-state index contributed by atoms with van der Waals surface area (Å²) >= 11 is 0. The van der Waals surface area contributed by atoms with Crippen LogP contribution in [0.25, 0.3) is 10.9 Å². The minimum Gasteiger partial charge on any atom is -0.488 e. The van der Waals surface area contributed by atoms with Crippen LogP contribution in [-0.2, 0) is 6.61 Å². The molecule has 2 atom stereocenters. The minimum atomic E-state index is -0.770. The van der Waals surface area contributed by atoms with Gasteiger partial charge in [-0.25, -0.2) is 0 Å². The van der Waals surface area contributed by atoms with Gasteiger partial charge in [0.25, 0.3) is 5.91 Å². The second-order valence-electron chi connectivity index (χ2n) is 6.98. The lowest BCUT2D eigenvalue weighted by atomic mass is 10.0. The topological polar surface area (TPSA) is 82.9 Å². The average molecular weight is 378 g/mol. The summed E-state index contributed by atoms with van der Waals surface area (Å²) in [7, 11) is 0. The van der Waals surface area contributed by atoms with Crippen molar-refractivity contribution in [2.75, 3.05) is 13.1 Å². The normalized spacial score (nSPS) is 19.6. The second kappa shape index (κ2) is 7.96. The fraction of sp³-hybridized carbons (Fsp3) is 0.273. The summed E-state index contributed by atoms with van der Waals surface area (Å²) in [5.74, 6) is 0.534. The first-order chi connectivity index (χ1) is 13.6. The van der Waals surface area contributed by atoms with Gasteiger partial charge in [-0.1, -0.05) is 18.2 Å². The van der Waals surface area contributed by atoms with Crippen LogP contribution in [0.5, 0.6) is 5.75 Å². The van der Waals surface area contributed by atoms with Crippen LogP contribution in [0.1, 0.15) is 22.3 Å². The Labute approximate surface area is 163 Å². The third kappa shape index (κ3) is 3.83. The van der Waals surface area contributed by atoms with Crippen LogP contribution in [0.2, 0.25) is 0 Å². The molecule has 6 heteroatoms. The SMILES string of the molecule is O=C(c1ccc(CO)cc1)N1CC[C@@H](Oc2ccc3cccnc3c2)[C@H](O)C1. The van der Waals surface area contributed by atoms with Crippen molar-refractivity contribution in [2.45, 2.75) is 25.2 Å². The van der Waals surface area contributed by atoms with Crippen LogP contribution >= 0.6 is 0 Å². The Balaban J connectivity index is 1.40. The molecule has 0 radical (unpaired) electrons. The number of pyridine rings is 1. The molecule has 144 valence electrons. The molecular weight excluding hydrogens is 356 g/mol. The van der Waals surface area contributed by atoms with E-state index in [4.69, 9.17) is 9.84 Å².